The van der Waals surface area contributed by atoms with E-state index in [4.69, 9.17) is 0 Å². The Morgan fingerprint density at radius 3 is 1.35 bits per heavy atom. The van der Waals surface area contributed by atoms with Crippen LogP contribution in [-0.4, -0.2) is 58.0 Å². The molecule has 0 N–H and O–H groups in total. The van der Waals surface area contributed by atoms with E-state index in [1.54, 1.807) is 0 Å². The van der Waals surface area contributed by atoms with Gasteiger partial charge in [0.05, 0.1) is 0 Å². The van der Waals surface area contributed by atoms with Crippen LogP contribution >= 0.6 is 0 Å². The van der Waals surface area contributed by atoms with Crippen molar-refractivity contribution in [2.24, 2.45) is 0 Å². The summed E-state index contributed by atoms with van der Waals surface area (Å²) < 4.78 is 69.1. The molecule has 0 bridgehead atoms. The number of alkyl halides is 1. The van der Waals surface area contributed by atoms with Crippen molar-refractivity contribution in [3.63, 3.8) is 0 Å². The van der Waals surface area contributed by atoms with E-state index in [2.05, 4.69) is 8.57 Å². The lowest BCUT2D eigenvalue weighted by Gasteiger charge is -2.18. The maximum atomic E-state index is 13.8. The Morgan fingerprint density at radius 2 is 1.05 bits per heavy atom. The van der Waals surface area contributed by atoms with Gasteiger partial charge in [-0.1, -0.05) is 0 Å². The lowest BCUT2D eigenvalue weighted by Crippen LogP contribution is -2.37. The first-order valence-corrected chi connectivity index (χ1v) is 9.26. The highest BCUT2D eigenvalue weighted by molar-refractivity contribution is 8.04. The second kappa shape index (κ2) is 6.20. The molecule has 0 radical (unpaired) electrons. The van der Waals surface area contributed by atoms with Crippen molar-refractivity contribution in [1.82, 2.24) is 10.1 Å². The van der Waals surface area contributed by atoms with E-state index in [1.165, 1.54) is 0 Å². The molecule has 2 aliphatic rings. The van der Waals surface area contributed by atoms with E-state index in [1.807, 2.05) is 0 Å². The molecule has 0 spiro atoms. The molecule has 0 saturated carbocycles. The summed E-state index contributed by atoms with van der Waals surface area (Å²) in [7, 11) is -9.85. The molecule has 0 aromatic heterocycles. The second-order valence-corrected chi connectivity index (χ2v) is 8.08. The lowest BCUT2D eigenvalue weighted by molar-refractivity contribution is -0.0360. The van der Waals surface area contributed by atoms with Crippen LogP contribution in [0.3, 0.4) is 0 Å². The molecule has 11 heteroatoms. The number of rotatable bonds is 6. The molecule has 8 nitrogen and oxygen atoms in total. The van der Waals surface area contributed by atoms with Gasteiger partial charge in [-0.25, -0.2) is 4.39 Å². The number of halogens is 1. The molecule has 2 aliphatic heterocycles. The van der Waals surface area contributed by atoms with Crippen molar-refractivity contribution >= 4 is 20.2 Å². The average Bonchev–Trinajstić information content (AvgIpc) is 3.00. The monoisotopic (exact) mass is 332 g/mol. The molecule has 0 aromatic rings. The minimum absolute atomic E-state index is 0.318. The Morgan fingerprint density at radius 1 is 0.750 bits per heavy atom. The molecule has 0 atom stereocenters. The maximum absolute atomic E-state index is 13.8. The highest BCUT2D eigenvalue weighted by atomic mass is 32.3. The van der Waals surface area contributed by atoms with E-state index in [0.29, 0.717) is 51.9 Å². The van der Waals surface area contributed by atoms with Gasteiger partial charge in [0.2, 0.25) is 0 Å². The smallest absolute Gasteiger partial charge is 0.206 e. The van der Waals surface area contributed by atoms with Gasteiger partial charge in [0, 0.05) is 26.2 Å². The van der Waals surface area contributed by atoms with Crippen LogP contribution in [0.5, 0.6) is 0 Å². The molecule has 0 amide bonds. The summed E-state index contributed by atoms with van der Waals surface area (Å²) in [6, 6.07) is 0. The van der Waals surface area contributed by atoms with Crippen molar-refractivity contribution in [1.29, 1.82) is 0 Å². The van der Waals surface area contributed by atoms with Crippen molar-refractivity contribution in [3.8, 4) is 0 Å². The number of hydrogen-bond donors (Lipinski definition) is 0. The van der Waals surface area contributed by atoms with Gasteiger partial charge >= 0.3 is 25.1 Å². The highest BCUT2D eigenvalue weighted by Gasteiger charge is 2.43. The average molecular weight is 332 g/mol. The van der Waals surface area contributed by atoms with Gasteiger partial charge in [0.15, 0.2) is 0 Å². The van der Waals surface area contributed by atoms with Gasteiger partial charge in [0.1, 0.15) is 0 Å². The Bertz CT molecular complexity index is 477. The Labute approximate surface area is 117 Å². The van der Waals surface area contributed by atoms with E-state index < -0.39 is 25.1 Å². The molecule has 118 valence electrons. The fourth-order valence-electron chi connectivity index (χ4n) is 2.03. The van der Waals surface area contributed by atoms with Crippen LogP contribution in [0.25, 0.3) is 0 Å². The first kappa shape index (κ1) is 16.0. The number of hydroxylamine groups is 4. The van der Waals surface area contributed by atoms with Crippen LogP contribution < -0.4 is 0 Å². The first-order valence-electron chi connectivity index (χ1n) is 6.32. The molecule has 0 unspecified atom stereocenters. The Hall–Kier alpha value is -0.330. The van der Waals surface area contributed by atoms with Gasteiger partial charge in [-0.05, 0) is 25.7 Å². The van der Waals surface area contributed by atoms with Crippen LogP contribution in [0.4, 0.5) is 4.39 Å². The van der Waals surface area contributed by atoms with Gasteiger partial charge in [-0.15, -0.1) is 0 Å². The summed E-state index contributed by atoms with van der Waals surface area (Å²) >= 11 is 0. The fraction of sp³-hybridized carbons (Fsp3) is 1.00. The highest BCUT2D eigenvalue weighted by Crippen LogP contribution is 2.21. The van der Waals surface area contributed by atoms with Crippen LogP contribution in [0.15, 0.2) is 0 Å². The molecule has 2 rings (SSSR count). The minimum atomic E-state index is -4.92. The molecule has 2 fully saturated rings. The third-order valence-electron chi connectivity index (χ3n) is 3.00. The van der Waals surface area contributed by atoms with Crippen molar-refractivity contribution in [2.45, 2.75) is 30.5 Å². The molecule has 20 heavy (non-hydrogen) atoms. The number of nitrogens with zero attached hydrogens (tertiary/aromatic N) is 2. The molecule has 2 saturated heterocycles. The summed E-state index contributed by atoms with van der Waals surface area (Å²) in [5.74, 6) is 0. The minimum Gasteiger partial charge on any atom is -0.206 e. The second-order valence-electron chi connectivity index (χ2n) is 4.68. The van der Waals surface area contributed by atoms with Gasteiger partial charge in [-0.2, -0.15) is 35.5 Å². The SMILES string of the molecule is O=S(=O)(ON1CCCC1)C(F)S(=O)(=O)ON1CCCC1. The maximum Gasteiger partial charge on any atom is 0.351 e. The third kappa shape index (κ3) is 3.86. The summed E-state index contributed by atoms with van der Waals surface area (Å²) in [6.07, 6.45) is 2.85. The summed E-state index contributed by atoms with van der Waals surface area (Å²) in [6.45, 7) is 1.27. The van der Waals surface area contributed by atoms with Crippen LogP contribution in [-0.2, 0) is 28.8 Å². The largest absolute Gasteiger partial charge is 0.351 e. The zero-order valence-corrected chi connectivity index (χ0v) is 12.4. The van der Waals surface area contributed by atoms with Crippen molar-refractivity contribution < 1.29 is 29.8 Å². The van der Waals surface area contributed by atoms with E-state index in [0.717, 1.165) is 10.1 Å². The number of hydrogen-bond acceptors (Lipinski definition) is 8. The molecule has 0 aromatic carbocycles. The lowest BCUT2D eigenvalue weighted by atomic mass is 10.4. The summed E-state index contributed by atoms with van der Waals surface area (Å²) in [5.41, 5.74) is 0. The zero-order chi connectivity index (χ0) is 14.8. The van der Waals surface area contributed by atoms with E-state index in [-0.39, 0.29) is 0 Å². The predicted molar refractivity (Wildman–Crippen MR) is 66.5 cm³/mol. The summed E-state index contributed by atoms with van der Waals surface area (Å²) in [5, 5.41) is 2.07. The Balaban J connectivity index is 2.01. The summed E-state index contributed by atoms with van der Waals surface area (Å²) in [4.78, 5) is -3.25. The normalized spacial score (nSPS) is 22.9. The predicted octanol–water partition coefficient (Wildman–Crippen LogP) is -0.0461. The topological polar surface area (TPSA) is 93.2 Å². The quantitative estimate of drug-likeness (QED) is 0.668. The fourth-order valence-corrected chi connectivity index (χ4v) is 4.42. The van der Waals surface area contributed by atoms with Crippen molar-refractivity contribution in [2.75, 3.05) is 26.2 Å². The van der Waals surface area contributed by atoms with E-state index >= 15 is 0 Å². The molecular formula is C9H17FN2O6S2. The van der Waals surface area contributed by atoms with Crippen LogP contribution in [0.1, 0.15) is 25.7 Å². The van der Waals surface area contributed by atoms with E-state index in [9.17, 15) is 21.2 Å². The van der Waals surface area contributed by atoms with Gasteiger partial charge in [0.25, 0.3) is 0 Å². The molecule has 2 heterocycles. The standard InChI is InChI=1S/C9H17FN2O6S2/c10-9(19(13,14)17-11-5-1-2-6-11)20(15,16)18-12-7-3-4-8-12/h9H,1-8H2. The van der Waals surface area contributed by atoms with Gasteiger partial charge in [-0.3, -0.25) is 0 Å². The van der Waals surface area contributed by atoms with Crippen LogP contribution in [0.2, 0.25) is 0 Å². The van der Waals surface area contributed by atoms with Crippen molar-refractivity contribution in [3.05, 3.63) is 0 Å². The Kier molecular flexibility index (Phi) is 4.97. The molecular weight excluding hydrogens is 315 g/mol. The third-order valence-corrected chi connectivity index (χ3v) is 6.16. The first-order chi connectivity index (χ1) is 9.31. The zero-order valence-electron chi connectivity index (χ0n) is 10.8. The van der Waals surface area contributed by atoms with Gasteiger partial charge < -0.3 is 0 Å². The van der Waals surface area contributed by atoms with Crippen LogP contribution in [0, 0.1) is 0 Å². The molecule has 0 aliphatic carbocycles.